The molecule has 0 rings (SSSR count). The van der Waals surface area contributed by atoms with Crippen LogP contribution in [0.2, 0.25) is 0 Å². The van der Waals surface area contributed by atoms with Crippen LogP contribution in [0.3, 0.4) is 0 Å². The minimum atomic E-state index is -0.637. The lowest BCUT2D eigenvalue weighted by atomic mass is 10.0. The second-order valence-corrected chi connectivity index (χ2v) is 14.4. The number of rotatable bonds is 34. The Bertz CT molecular complexity index is 738. The van der Waals surface area contributed by atoms with Gasteiger partial charge in [0.05, 0.1) is 0 Å². The maximum Gasteiger partial charge on any atom is 0.306 e. The van der Waals surface area contributed by atoms with Gasteiger partial charge in [-0.2, -0.15) is 0 Å². The van der Waals surface area contributed by atoms with Crippen LogP contribution < -0.4 is 0 Å². The van der Waals surface area contributed by atoms with Crippen molar-refractivity contribution >= 4 is 11.9 Å². The molecule has 0 saturated heterocycles. The molecule has 1 unspecified atom stereocenters. The first-order chi connectivity index (χ1) is 22.3. The van der Waals surface area contributed by atoms with Gasteiger partial charge in [-0.15, -0.1) is 0 Å². The summed E-state index contributed by atoms with van der Waals surface area (Å²) in [4.78, 5) is 24.7. The van der Waals surface area contributed by atoms with E-state index in [1.807, 2.05) is 20.8 Å². The third-order valence-corrected chi connectivity index (χ3v) is 8.79. The van der Waals surface area contributed by atoms with Crippen molar-refractivity contribution in [2.75, 3.05) is 0 Å². The fourth-order valence-electron chi connectivity index (χ4n) is 6.10. The van der Waals surface area contributed by atoms with Gasteiger partial charge in [-0.1, -0.05) is 141 Å². The molecule has 4 nitrogen and oxygen atoms in total. The van der Waals surface area contributed by atoms with E-state index in [-0.39, 0.29) is 18.0 Å². The highest BCUT2D eigenvalue weighted by molar-refractivity contribution is 5.70. The molecule has 270 valence electrons. The first-order valence-corrected chi connectivity index (χ1v) is 20.0. The number of carbonyl (C=O) groups is 2. The van der Waals surface area contributed by atoms with Crippen molar-refractivity contribution in [2.24, 2.45) is 0 Å². The second kappa shape index (κ2) is 33.3. The molecular formula is C42H78O4. The third kappa shape index (κ3) is 33.8. The first-order valence-electron chi connectivity index (χ1n) is 20.0. The molecule has 0 aliphatic carbocycles. The highest BCUT2D eigenvalue weighted by atomic mass is 16.6. The normalized spacial score (nSPS) is 12.7. The highest BCUT2D eigenvalue weighted by Gasteiger charge is 2.27. The monoisotopic (exact) mass is 647 g/mol. The lowest BCUT2D eigenvalue weighted by molar-refractivity contribution is -0.162. The molecule has 0 aromatic heterocycles. The number of carbonyl (C=O) groups excluding carboxylic acids is 2. The third-order valence-electron chi connectivity index (χ3n) is 8.79. The van der Waals surface area contributed by atoms with E-state index in [1.54, 1.807) is 0 Å². The Hall–Kier alpha value is -1.58. The molecule has 0 heterocycles. The smallest absolute Gasteiger partial charge is 0.306 e. The van der Waals surface area contributed by atoms with Crippen molar-refractivity contribution in [3.63, 3.8) is 0 Å². The number of unbranched alkanes of at least 4 members (excludes halogenated alkanes) is 22. The zero-order valence-electron chi connectivity index (χ0n) is 31.5. The fourth-order valence-corrected chi connectivity index (χ4v) is 6.10. The molecule has 0 amide bonds. The quantitative estimate of drug-likeness (QED) is 0.0396. The number of hydrogen-bond acceptors (Lipinski definition) is 4. The summed E-state index contributed by atoms with van der Waals surface area (Å²) in [5.41, 5.74) is -0.637. The number of allylic oxidation sites excluding steroid dienone is 4. The molecule has 0 aromatic rings. The number of hydrogen-bond donors (Lipinski definition) is 0. The fraction of sp³-hybridized carbons (Fsp3) is 0.857. The van der Waals surface area contributed by atoms with Gasteiger partial charge < -0.3 is 9.47 Å². The highest BCUT2D eigenvalue weighted by Crippen LogP contribution is 2.21. The van der Waals surface area contributed by atoms with Crippen molar-refractivity contribution in [1.82, 2.24) is 0 Å². The largest absolute Gasteiger partial charge is 0.462 e. The standard InChI is InChI=1S/C42H78O4/c1-6-8-10-12-14-16-18-20-22-24-26-28-30-32-34-36-40(43)45-39(3)38-42(4,5)46-41(44)37-35-33-31-29-27-25-23-21-19-17-15-13-11-9-7-2/h20-23,39H,6-19,24-38H2,1-5H3/b22-20-,23-21-. The van der Waals surface area contributed by atoms with Crippen LogP contribution in [-0.4, -0.2) is 23.6 Å². The molecule has 0 saturated carbocycles. The first kappa shape index (κ1) is 44.4. The average Bonchev–Trinajstić information content (AvgIpc) is 3.00. The van der Waals surface area contributed by atoms with Gasteiger partial charge in [0.25, 0.3) is 0 Å². The van der Waals surface area contributed by atoms with Gasteiger partial charge in [-0.25, -0.2) is 0 Å². The predicted molar refractivity (Wildman–Crippen MR) is 199 cm³/mol. The van der Waals surface area contributed by atoms with Crippen LogP contribution in [0.5, 0.6) is 0 Å². The number of esters is 2. The van der Waals surface area contributed by atoms with Gasteiger partial charge in [-0.3, -0.25) is 9.59 Å². The van der Waals surface area contributed by atoms with Crippen LogP contribution in [0.15, 0.2) is 24.3 Å². The van der Waals surface area contributed by atoms with Gasteiger partial charge in [-0.05, 0) is 85.0 Å². The minimum absolute atomic E-state index is 0.138. The summed E-state index contributed by atoms with van der Waals surface area (Å²) in [5.74, 6) is -0.282. The lowest BCUT2D eigenvalue weighted by Gasteiger charge is -2.28. The van der Waals surface area contributed by atoms with Gasteiger partial charge in [0.15, 0.2) is 0 Å². The molecule has 1 atom stereocenters. The summed E-state index contributed by atoms with van der Waals surface area (Å²) in [7, 11) is 0. The summed E-state index contributed by atoms with van der Waals surface area (Å²) in [5, 5.41) is 0. The summed E-state index contributed by atoms with van der Waals surface area (Å²) in [6, 6.07) is 0. The van der Waals surface area contributed by atoms with Crippen LogP contribution in [0.25, 0.3) is 0 Å². The molecule has 4 heteroatoms. The molecule has 0 N–H and O–H groups in total. The maximum absolute atomic E-state index is 12.4. The Balaban J connectivity index is 3.70. The van der Waals surface area contributed by atoms with Crippen molar-refractivity contribution in [2.45, 2.75) is 233 Å². The van der Waals surface area contributed by atoms with Gasteiger partial charge in [0, 0.05) is 19.3 Å². The summed E-state index contributed by atoms with van der Waals surface area (Å²) in [6.45, 7) is 10.3. The van der Waals surface area contributed by atoms with Gasteiger partial charge in [0.2, 0.25) is 0 Å². The van der Waals surface area contributed by atoms with E-state index in [1.165, 1.54) is 141 Å². The van der Waals surface area contributed by atoms with Gasteiger partial charge >= 0.3 is 11.9 Å². The maximum atomic E-state index is 12.4. The van der Waals surface area contributed by atoms with Crippen LogP contribution in [-0.2, 0) is 19.1 Å². The van der Waals surface area contributed by atoms with Crippen molar-refractivity contribution in [3.05, 3.63) is 24.3 Å². The predicted octanol–water partition coefficient (Wildman–Crippen LogP) is 13.7. The van der Waals surface area contributed by atoms with Crippen LogP contribution in [0, 0.1) is 0 Å². The minimum Gasteiger partial charge on any atom is -0.462 e. The van der Waals surface area contributed by atoms with E-state index in [0.717, 1.165) is 25.7 Å². The molecule has 46 heavy (non-hydrogen) atoms. The summed E-state index contributed by atoms with van der Waals surface area (Å²) in [6.07, 6.45) is 42.9. The van der Waals surface area contributed by atoms with E-state index in [0.29, 0.717) is 19.3 Å². The van der Waals surface area contributed by atoms with Gasteiger partial charge in [0.1, 0.15) is 11.7 Å². The molecule has 0 spiro atoms. The topological polar surface area (TPSA) is 52.6 Å². The lowest BCUT2D eigenvalue weighted by Crippen LogP contribution is -2.33. The molecule has 0 bridgehead atoms. The molecule has 0 aliphatic rings. The van der Waals surface area contributed by atoms with Crippen molar-refractivity contribution in [3.8, 4) is 0 Å². The molecule has 0 aromatic carbocycles. The summed E-state index contributed by atoms with van der Waals surface area (Å²) >= 11 is 0. The molecule has 0 fully saturated rings. The second-order valence-electron chi connectivity index (χ2n) is 14.4. The number of ether oxygens (including phenoxy) is 2. The van der Waals surface area contributed by atoms with E-state index < -0.39 is 5.60 Å². The Morgan fingerprint density at radius 3 is 1.22 bits per heavy atom. The Kier molecular flexibility index (Phi) is 32.2. The van der Waals surface area contributed by atoms with E-state index in [9.17, 15) is 9.59 Å². The van der Waals surface area contributed by atoms with E-state index >= 15 is 0 Å². The SMILES string of the molecule is CCCCCCCC/C=C\CCCCCCCC(=O)OC(C)CC(C)(C)OC(=O)CCCCCCC/C=C\CCCCCCCC. The van der Waals surface area contributed by atoms with E-state index in [2.05, 4.69) is 38.2 Å². The summed E-state index contributed by atoms with van der Waals surface area (Å²) < 4.78 is 11.4. The van der Waals surface area contributed by atoms with E-state index in [4.69, 9.17) is 9.47 Å². The zero-order chi connectivity index (χ0) is 34.0. The van der Waals surface area contributed by atoms with Crippen LogP contribution in [0.1, 0.15) is 221 Å². The molecular weight excluding hydrogens is 568 g/mol. The Labute approximate surface area is 287 Å². The molecule has 0 aliphatic heterocycles. The van der Waals surface area contributed by atoms with Crippen LogP contribution in [0.4, 0.5) is 0 Å². The van der Waals surface area contributed by atoms with Crippen molar-refractivity contribution < 1.29 is 19.1 Å². The zero-order valence-corrected chi connectivity index (χ0v) is 31.5. The van der Waals surface area contributed by atoms with Crippen molar-refractivity contribution in [1.29, 1.82) is 0 Å². The molecule has 0 radical (unpaired) electrons. The Morgan fingerprint density at radius 1 is 0.500 bits per heavy atom. The van der Waals surface area contributed by atoms with Crippen LogP contribution >= 0.6 is 0 Å². The average molecular weight is 647 g/mol. The Morgan fingerprint density at radius 2 is 0.826 bits per heavy atom.